The Labute approximate surface area is 91.1 Å². The molecule has 14 heavy (non-hydrogen) atoms. The number of nitrogens with zero attached hydrogens (tertiary/aromatic N) is 1. The van der Waals surface area contributed by atoms with Gasteiger partial charge in [-0.1, -0.05) is 6.92 Å². The van der Waals surface area contributed by atoms with Gasteiger partial charge < -0.3 is 9.88 Å². The van der Waals surface area contributed by atoms with E-state index in [0.717, 1.165) is 19.6 Å². The second kappa shape index (κ2) is 6.96. The molecule has 0 atom stereocenters. The van der Waals surface area contributed by atoms with Crippen molar-refractivity contribution in [2.45, 2.75) is 26.4 Å². The van der Waals surface area contributed by atoms with Crippen LogP contribution in [0.15, 0.2) is 18.5 Å². The van der Waals surface area contributed by atoms with Crippen LogP contribution < -0.4 is 5.32 Å². The van der Waals surface area contributed by atoms with Crippen molar-refractivity contribution in [3.8, 4) is 0 Å². The van der Waals surface area contributed by atoms with Crippen LogP contribution >= 0.6 is 11.8 Å². The lowest BCUT2D eigenvalue weighted by atomic mass is 10.3. The van der Waals surface area contributed by atoms with Gasteiger partial charge in [0, 0.05) is 25.5 Å². The first-order chi connectivity index (χ1) is 6.86. The maximum atomic E-state index is 3.33. The Kier molecular flexibility index (Phi) is 5.80. The summed E-state index contributed by atoms with van der Waals surface area (Å²) in [6, 6.07) is 2.20. The maximum absolute atomic E-state index is 3.33. The molecular weight excluding hydrogens is 192 g/mol. The third-order valence-corrected chi connectivity index (χ3v) is 2.85. The Morgan fingerprint density at radius 2 is 2.36 bits per heavy atom. The van der Waals surface area contributed by atoms with Gasteiger partial charge in [0.2, 0.25) is 0 Å². The average molecular weight is 212 g/mol. The Morgan fingerprint density at radius 3 is 3.07 bits per heavy atom. The van der Waals surface area contributed by atoms with Gasteiger partial charge in [0.25, 0.3) is 0 Å². The van der Waals surface area contributed by atoms with Crippen molar-refractivity contribution >= 4 is 11.8 Å². The monoisotopic (exact) mass is 212 g/mol. The number of aryl methyl sites for hydroxylation is 1. The summed E-state index contributed by atoms with van der Waals surface area (Å²) in [5.41, 5.74) is 1.39. The highest BCUT2D eigenvalue weighted by atomic mass is 32.2. The molecule has 0 spiro atoms. The van der Waals surface area contributed by atoms with E-state index in [2.05, 4.69) is 41.5 Å². The van der Waals surface area contributed by atoms with E-state index in [1.165, 1.54) is 17.7 Å². The highest BCUT2D eigenvalue weighted by molar-refractivity contribution is 7.98. The third kappa shape index (κ3) is 4.20. The number of nitrogens with one attached hydrogen (secondary N) is 1. The zero-order chi connectivity index (χ0) is 10.2. The fourth-order valence-electron chi connectivity index (χ4n) is 1.39. The normalized spacial score (nSPS) is 10.7. The van der Waals surface area contributed by atoms with Crippen molar-refractivity contribution in [3.63, 3.8) is 0 Å². The molecule has 1 aromatic heterocycles. The summed E-state index contributed by atoms with van der Waals surface area (Å²) in [7, 11) is 0. The lowest BCUT2D eigenvalue weighted by Crippen LogP contribution is -2.11. The summed E-state index contributed by atoms with van der Waals surface area (Å²) in [5, 5.41) is 3.33. The van der Waals surface area contributed by atoms with Crippen LogP contribution in [0.25, 0.3) is 0 Å². The zero-order valence-electron chi connectivity index (χ0n) is 9.12. The quantitative estimate of drug-likeness (QED) is 0.699. The maximum Gasteiger partial charge on any atom is 0.0227 e. The summed E-state index contributed by atoms with van der Waals surface area (Å²) in [5.74, 6) is 1.25. The Balaban J connectivity index is 2.27. The van der Waals surface area contributed by atoms with E-state index in [1.54, 1.807) is 0 Å². The Bertz CT molecular complexity index is 245. The van der Waals surface area contributed by atoms with E-state index in [0.29, 0.717) is 0 Å². The van der Waals surface area contributed by atoms with Gasteiger partial charge in [-0.05, 0) is 36.6 Å². The van der Waals surface area contributed by atoms with E-state index < -0.39 is 0 Å². The van der Waals surface area contributed by atoms with Crippen LogP contribution in [-0.2, 0) is 13.1 Å². The molecule has 1 aromatic rings. The van der Waals surface area contributed by atoms with E-state index >= 15 is 0 Å². The molecular formula is C11H20N2S. The standard InChI is InChI=1S/C11H20N2S/c1-3-12-9-11-5-7-13(10-11)6-4-8-14-2/h5,7,10,12H,3-4,6,8-9H2,1-2H3. The molecule has 0 aromatic carbocycles. The molecule has 0 saturated heterocycles. The van der Waals surface area contributed by atoms with Gasteiger partial charge in [-0.3, -0.25) is 0 Å². The molecule has 0 bridgehead atoms. The van der Waals surface area contributed by atoms with Crippen LogP contribution in [0.1, 0.15) is 18.9 Å². The number of thioether (sulfide) groups is 1. The van der Waals surface area contributed by atoms with Crippen molar-refractivity contribution in [2.75, 3.05) is 18.6 Å². The number of hydrogen-bond acceptors (Lipinski definition) is 2. The van der Waals surface area contributed by atoms with Crippen LogP contribution in [0.5, 0.6) is 0 Å². The summed E-state index contributed by atoms with van der Waals surface area (Å²) in [6.07, 6.45) is 7.83. The van der Waals surface area contributed by atoms with E-state index in [-0.39, 0.29) is 0 Å². The summed E-state index contributed by atoms with van der Waals surface area (Å²) in [6.45, 7) is 5.31. The SMILES string of the molecule is CCNCc1ccn(CCCSC)c1. The van der Waals surface area contributed by atoms with Gasteiger partial charge in [-0.15, -0.1) is 0 Å². The predicted octanol–water partition coefficient (Wildman–Crippen LogP) is 2.35. The fourth-order valence-corrected chi connectivity index (χ4v) is 1.81. The summed E-state index contributed by atoms with van der Waals surface area (Å²) in [4.78, 5) is 0. The lowest BCUT2D eigenvalue weighted by Gasteiger charge is -2.01. The highest BCUT2D eigenvalue weighted by Gasteiger charge is 1.95. The van der Waals surface area contributed by atoms with Crippen LogP contribution in [-0.4, -0.2) is 23.1 Å². The largest absolute Gasteiger partial charge is 0.354 e. The third-order valence-electron chi connectivity index (χ3n) is 2.16. The van der Waals surface area contributed by atoms with E-state index in [1.807, 2.05) is 11.8 Å². The molecule has 0 aliphatic heterocycles. The Morgan fingerprint density at radius 1 is 1.50 bits per heavy atom. The smallest absolute Gasteiger partial charge is 0.0227 e. The minimum absolute atomic E-state index is 0.992. The molecule has 1 N–H and O–H groups in total. The molecule has 80 valence electrons. The van der Waals surface area contributed by atoms with Crippen LogP contribution in [0.4, 0.5) is 0 Å². The Hall–Kier alpha value is -0.410. The van der Waals surface area contributed by atoms with E-state index in [4.69, 9.17) is 0 Å². The van der Waals surface area contributed by atoms with Crippen molar-refractivity contribution in [3.05, 3.63) is 24.0 Å². The van der Waals surface area contributed by atoms with Gasteiger partial charge in [-0.25, -0.2) is 0 Å². The first kappa shape index (κ1) is 11.7. The van der Waals surface area contributed by atoms with Gasteiger partial charge >= 0.3 is 0 Å². The molecule has 1 rings (SSSR count). The summed E-state index contributed by atoms with van der Waals surface area (Å²) < 4.78 is 2.28. The lowest BCUT2D eigenvalue weighted by molar-refractivity contribution is 0.679. The number of hydrogen-bond donors (Lipinski definition) is 1. The minimum Gasteiger partial charge on any atom is -0.354 e. The van der Waals surface area contributed by atoms with Crippen LogP contribution in [0.3, 0.4) is 0 Å². The second-order valence-electron chi connectivity index (χ2n) is 3.38. The molecule has 3 heteroatoms. The molecule has 0 saturated carbocycles. The molecule has 0 radical (unpaired) electrons. The molecule has 0 aliphatic carbocycles. The zero-order valence-corrected chi connectivity index (χ0v) is 9.94. The average Bonchev–Trinajstić information content (AvgIpc) is 2.63. The summed E-state index contributed by atoms with van der Waals surface area (Å²) >= 11 is 1.92. The second-order valence-corrected chi connectivity index (χ2v) is 4.37. The first-order valence-electron chi connectivity index (χ1n) is 5.21. The highest BCUT2D eigenvalue weighted by Crippen LogP contribution is 2.04. The first-order valence-corrected chi connectivity index (χ1v) is 6.60. The van der Waals surface area contributed by atoms with E-state index in [9.17, 15) is 0 Å². The predicted molar refractivity (Wildman–Crippen MR) is 64.8 cm³/mol. The number of aromatic nitrogens is 1. The van der Waals surface area contributed by atoms with Gasteiger partial charge in [-0.2, -0.15) is 11.8 Å². The van der Waals surface area contributed by atoms with Crippen molar-refractivity contribution in [2.24, 2.45) is 0 Å². The minimum atomic E-state index is 0.992. The molecule has 0 unspecified atom stereocenters. The van der Waals surface area contributed by atoms with Crippen molar-refractivity contribution < 1.29 is 0 Å². The number of rotatable bonds is 7. The van der Waals surface area contributed by atoms with Gasteiger partial charge in [0.05, 0.1) is 0 Å². The fraction of sp³-hybridized carbons (Fsp3) is 0.636. The van der Waals surface area contributed by atoms with Crippen molar-refractivity contribution in [1.29, 1.82) is 0 Å². The van der Waals surface area contributed by atoms with Gasteiger partial charge in [0.1, 0.15) is 0 Å². The molecule has 1 heterocycles. The van der Waals surface area contributed by atoms with Crippen LogP contribution in [0.2, 0.25) is 0 Å². The van der Waals surface area contributed by atoms with Gasteiger partial charge in [0.15, 0.2) is 0 Å². The molecule has 0 fully saturated rings. The van der Waals surface area contributed by atoms with Crippen LogP contribution in [0, 0.1) is 0 Å². The topological polar surface area (TPSA) is 17.0 Å². The molecule has 0 aliphatic rings. The molecule has 0 amide bonds. The van der Waals surface area contributed by atoms with Crippen molar-refractivity contribution in [1.82, 2.24) is 9.88 Å². The molecule has 2 nitrogen and oxygen atoms in total.